The number of urea groups is 1. The summed E-state index contributed by atoms with van der Waals surface area (Å²) >= 11 is 0. The third-order valence-corrected chi connectivity index (χ3v) is 2.91. The number of aliphatic carboxylic acids is 1. The van der Waals surface area contributed by atoms with Gasteiger partial charge in [-0.2, -0.15) is 0 Å². The second-order valence-corrected chi connectivity index (χ2v) is 4.37. The standard InChI is InChI=1S/C15H15N3O3/c1-17(13-8-5-9-16-10-13)15(21)18(11-14(19)20)12-6-3-2-4-7-12/h2-10H,11H2,1H3,(H,19,20). The summed E-state index contributed by atoms with van der Waals surface area (Å²) in [5.41, 5.74) is 1.12. The maximum Gasteiger partial charge on any atom is 0.329 e. The molecule has 0 saturated carbocycles. The average molecular weight is 285 g/mol. The van der Waals surface area contributed by atoms with Crippen molar-refractivity contribution >= 4 is 23.4 Å². The molecule has 0 aliphatic heterocycles. The topological polar surface area (TPSA) is 73.7 Å². The molecule has 1 N–H and O–H groups in total. The van der Waals surface area contributed by atoms with Crippen LogP contribution in [0.4, 0.5) is 16.2 Å². The molecule has 0 aliphatic rings. The fourth-order valence-corrected chi connectivity index (χ4v) is 1.86. The summed E-state index contributed by atoms with van der Waals surface area (Å²) in [6.45, 7) is -0.409. The van der Waals surface area contributed by atoms with E-state index in [9.17, 15) is 9.59 Å². The summed E-state index contributed by atoms with van der Waals surface area (Å²) < 4.78 is 0. The van der Waals surface area contributed by atoms with E-state index in [1.165, 1.54) is 9.80 Å². The number of rotatable bonds is 4. The lowest BCUT2D eigenvalue weighted by molar-refractivity contribution is -0.135. The SMILES string of the molecule is CN(C(=O)N(CC(=O)O)c1ccccc1)c1cccnc1. The van der Waals surface area contributed by atoms with Gasteiger partial charge in [-0.25, -0.2) is 4.79 Å². The van der Waals surface area contributed by atoms with E-state index >= 15 is 0 Å². The highest BCUT2D eigenvalue weighted by Gasteiger charge is 2.23. The van der Waals surface area contributed by atoms with E-state index in [-0.39, 0.29) is 0 Å². The minimum atomic E-state index is -1.08. The van der Waals surface area contributed by atoms with Crippen LogP contribution >= 0.6 is 0 Å². The summed E-state index contributed by atoms with van der Waals surface area (Å²) in [4.78, 5) is 30.1. The minimum absolute atomic E-state index is 0.409. The zero-order valence-electron chi connectivity index (χ0n) is 11.5. The zero-order valence-corrected chi connectivity index (χ0v) is 11.5. The first kappa shape index (κ1) is 14.5. The number of hydrogen-bond acceptors (Lipinski definition) is 3. The van der Waals surface area contributed by atoms with Crippen LogP contribution in [0.3, 0.4) is 0 Å². The molecule has 0 atom stereocenters. The van der Waals surface area contributed by atoms with E-state index in [1.54, 1.807) is 61.9 Å². The summed E-state index contributed by atoms with van der Waals surface area (Å²) in [7, 11) is 1.58. The number of anilines is 2. The average Bonchev–Trinajstić information content (AvgIpc) is 2.53. The number of carbonyl (C=O) groups is 2. The minimum Gasteiger partial charge on any atom is -0.480 e. The molecule has 0 aliphatic carbocycles. The van der Waals surface area contributed by atoms with Crippen LogP contribution in [-0.2, 0) is 4.79 Å². The lowest BCUT2D eigenvalue weighted by atomic mass is 10.3. The molecule has 6 nitrogen and oxygen atoms in total. The normalized spacial score (nSPS) is 9.95. The molecule has 108 valence electrons. The van der Waals surface area contributed by atoms with Crippen LogP contribution in [0.5, 0.6) is 0 Å². The smallest absolute Gasteiger partial charge is 0.329 e. The molecule has 6 heteroatoms. The Labute approximate surface area is 122 Å². The number of carbonyl (C=O) groups excluding carboxylic acids is 1. The number of hydrogen-bond donors (Lipinski definition) is 1. The molecule has 0 saturated heterocycles. The summed E-state index contributed by atoms with van der Waals surface area (Å²) in [5, 5.41) is 9.02. The number of pyridine rings is 1. The van der Waals surface area contributed by atoms with Gasteiger partial charge in [0.15, 0.2) is 0 Å². The molecule has 21 heavy (non-hydrogen) atoms. The van der Waals surface area contributed by atoms with Crippen LogP contribution in [0, 0.1) is 0 Å². The highest BCUT2D eigenvalue weighted by molar-refractivity contribution is 6.05. The van der Waals surface area contributed by atoms with E-state index in [4.69, 9.17) is 5.11 Å². The molecule has 0 bridgehead atoms. The molecule has 0 spiro atoms. The monoisotopic (exact) mass is 285 g/mol. The summed E-state index contributed by atoms with van der Waals surface area (Å²) in [6, 6.07) is 11.7. The Hall–Kier alpha value is -2.89. The predicted molar refractivity (Wildman–Crippen MR) is 79.5 cm³/mol. The van der Waals surface area contributed by atoms with Gasteiger partial charge < -0.3 is 5.11 Å². The predicted octanol–water partition coefficient (Wildman–Crippen LogP) is 2.23. The number of aromatic nitrogens is 1. The van der Waals surface area contributed by atoms with Gasteiger partial charge in [-0.15, -0.1) is 0 Å². The lowest BCUT2D eigenvalue weighted by Gasteiger charge is -2.26. The molecule has 2 amide bonds. The van der Waals surface area contributed by atoms with Gasteiger partial charge >= 0.3 is 12.0 Å². The van der Waals surface area contributed by atoms with Crippen molar-refractivity contribution in [2.45, 2.75) is 0 Å². The third-order valence-electron chi connectivity index (χ3n) is 2.91. The van der Waals surface area contributed by atoms with Gasteiger partial charge in [0.2, 0.25) is 0 Å². The van der Waals surface area contributed by atoms with Crippen LogP contribution in [0.25, 0.3) is 0 Å². The van der Waals surface area contributed by atoms with E-state index in [0.717, 1.165) is 0 Å². The first-order chi connectivity index (χ1) is 10.1. The Balaban J connectivity index is 2.28. The Morgan fingerprint density at radius 2 is 1.76 bits per heavy atom. The first-order valence-electron chi connectivity index (χ1n) is 6.31. The summed E-state index contributed by atoms with van der Waals surface area (Å²) in [5.74, 6) is -1.08. The Morgan fingerprint density at radius 1 is 1.10 bits per heavy atom. The van der Waals surface area contributed by atoms with Crippen molar-refractivity contribution in [1.82, 2.24) is 4.98 Å². The fraction of sp³-hybridized carbons (Fsp3) is 0.133. The van der Waals surface area contributed by atoms with Gasteiger partial charge in [0, 0.05) is 18.9 Å². The number of benzene rings is 1. The van der Waals surface area contributed by atoms with Gasteiger partial charge in [-0.3, -0.25) is 19.6 Å². The Morgan fingerprint density at radius 3 is 2.33 bits per heavy atom. The van der Waals surface area contributed by atoms with Crippen molar-refractivity contribution in [1.29, 1.82) is 0 Å². The number of carboxylic acids is 1. The van der Waals surface area contributed by atoms with Crippen LogP contribution < -0.4 is 9.80 Å². The van der Waals surface area contributed by atoms with E-state index in [1.807, 2.05) is 0 Å². The van der Waals surface area contributed by atoms with Crippen molar-refractivity contribution in [3.8, 4) is 0 Å². The van der Waals surface area contributed by atoms with Crippen molar-refractivity contribution < 1.29 is 14.7 Å². The van der Waals surface area contributed by atoms with Crippen LogP contribution in [-0.4, -0.2) is 35.7 Å². The fourth-order valence-electron chi connectivity index (χ4n) is 1.86. The molecule has 2 aromatic rings. The largest absolute Gasteiger partial charge is 0.480 e. The van der Waals surface area contributed by atoms with Gasteiger partial charge in [0.25, 0.3) is 0 Å². The number of nitrogens with zero attached hydrogens (tertiary/aromatic N) is 3. The van der Waals surface area contributed by atoms with Gasteiger partial charge in [0.1, 0.15) is 6.54 Å². The maximum atomic E-state index is 12.5. The lowest BCUT2D eigenvalue weighted by Crippen LogP contribution is -2.44. The van der Waals surface area contributed by atoms with Crippen molar-refractivity contribution in [2.24, 2.45) is 0 Å². The molecule has 2 rings (SSSR count). The Kier molecular flexibility index (Phi) is 4.50. The molecule has 0 radical (unpaired) electrons. The highest BCUT2D eigenvalue weighted by Crippen LogP contribution is 2.18. The van der Waals surface area contributed by atoms with Crippen molar-refractivity contribution in [3.63, 3.8) is 0 Å². The van der Waals surface area contributed by atoms with Crippen LogP contribution in [0.1, 0.15) is 0 Å². The molecular formula is C15H15N3O3. The number of amides is 2. The number of para-hydroxylation sites is 1. The van der Waals surface area contributed by atoms with Gasteiger partial charge in [0.05, 0.1) is 11.9 Å². The summed E-state index contributed by atoms with van der Waals surface area (Å²) in [6.07, 6.45) is 3.15. The van der Waals surface area contributed by atoms with Crippen molar-refractivity contribution in [2.75, 3.05) is 23.4 Å². The molecule has 1 aromatic heterocycles. The van der Waals surface area contributed by atoms with Gasteiger partial charge in [-0.05, 0) is 24.3 Å². The molecule has 0 unspecified atom stereocenters. The quantitative estimate of drug-likeness (QED) is 0.934. The van der Waals surface area contributed by atoms with Crippen LogP contribution in [0.15, 0.2) is 54.9 Å². The van der Waals surface area contributed by atoms with Gasteiger partial charge in [-0.1, -0.05) is 18.2 Å². The highest BCUT2D eigenvalue weighted by atomic mass is 16.4. The van der Waals surface area contributed by atoms with E-state index in [2.05, 4.69) is 4.98 Å². The van der Waals surface area contributed by atoms with Crippen molar-refractivity contribution in [3.05, 3.63) is 54.9 Å². The second kappa shape index (κ2) is 6.51. The zero-order chi connectivity index (χ0) is 15.2. The third kappa shape index (κ3) is 3.56. The maximum absolute atomic E-state index is 12.5. The first-order valence-corrected chi connectivity index (χ1v) is 6.31. The van der Waals surface area contributed by atoms with E-state index in [0.29, 0.717) is 11.4 Å². The Bertz CT molecular complexity index is 617. The molecular weight excluding hydrogens is 270 g/mol. The second-order valence-electron chi connectivity index (χ2n) is 4.37. The van der Waals surface area contributed by atoms with Crippen LogP contribution in [0.2, 0.25) is 0 Å². The molecule has 0 fully saturated rings. The van der Waals surface area contributed by atoms with E-state index < -0.39 is 18.5 Å². The molecule has 1 aromatic carbocycles. The number of carboxylic acid groups (broad SMARTS) is 1. The molecule has 1 heterocycles.